The number of rotatable bonds is 5. The first kappa shape index (κ1) is 12.1. The van der Waals surface area contributed by atoms with Gasteiger partial charge in [-0.25, -0.2) is 0 Å². The number of likely N-dealkylation sites (N-methyl/N-ethyl adjacent to an activating group) is 1. The van der Waals surface area contributed by atoms with Gasteiger partial charge in [0.1, 0.15) is 0 Å². The second kappa shape index (κ2) is 4.96. The summed E-state index contributed by atoms with van der Waals surface area (Å²) in [5, 5.41) is 29.1. The van der Waals surface area contributed by atoms with Crippen LogP contribution >= 0.6 is 0 Å². The Kier molecular flexibility index (Phi) is 4.61. The Morgan fingerprint density at radius 2 is 1.69 bits per heavy atom. The van der Waals surface area contributed by atoms with Gasteiger partial charge < -0.3 is 20.6 Å². The van der Waals surface area contributed by atoms with Gasteiger partial charge in [-0.1, -0.05) is 6.58 Å². The molecule has 0 saturated heterocycles. The van der Waals surface area contributed by atoms with Gasteiger partial charge in [0.15, 0.2) is 0 Å². The molecular weight excluding hydrogens is 174 g/mol. The monoisotopic (exact) mass is 189 g/mol. The lowest BCUT2D eigenvalue weighted by molar-refractivity contribution is -0.119. The van der Waals surface area contributed by atoms with Crippen molar-refractivity contribution in [1.82, 2.24) is 5.32 Å². The molecule has 76 valence electrons. The molecule has 5 heteroatoms. The molecule has 0 unspecified atom stereocenters. The van der Waals surface area contributed by atoms with Crippen LogP contribution in [0.4, 0.5) is 0 Å². The molecule has 0 spiro atoms. The van der Waals surface area contributed by atoms with Gasteiger partial charge in [0, 0.05) is 12.6 Å². The summed E-state index contributed by atoms with van der Waals surface area (Å²) in [5.74, 6) is -0.503. The molecule has 5 nitrogen and oxygen atoms in total. The molecule has 0 heterocycles. The van der Waals surface area contributed by atoms with E-state index in [2.05, 4.69) is 11.9 Å². The van der Waals surface area contributed by atoms with Crippen LogP contribution in [0.5, 0.6) is 0 Å². The fraction of sp³-hybridized carbons (Fsp3) is 0.625. The van der Waals surface area contributed by atoms with E-state index in [4.69, 9.17) is 15.3 Å². The van der Waals surface area contributed by atoms with Crippen molar-refractivity contribution >= 4 is 5.91 Å². The van der Waals surface area contributed by atoms with E-state index in [1.807, 2.05) is 0 Å². The highest BCUT2D eigenvalue weighted by Gasteiger charge is 2.34. The number of hydrogen-bond donors (Lipinski definition) is 4. The van der Waals surface area contributed by atoms with Crippen molar-refractivity contribution in [3.05, 3.63) is 12.2 Å². The van der Waals surface area contributed by atoms with Crippen LogP contribution in [0.15, 0.2) is 12.2 Å². The van der Waals surface area contributed by atoms with Crippen LogP contribution in [0.2, 0.25) is 0 Å². The van der Waals surface area contributed by atoms with E-state index in [1.54, 1.807) is 0 Å². The lowest BCUT2D eigenvalue weighted by atomic mass is 9.82. The summed E-state index contributed by atoms with van der Waals surface area (Å²) in [6.45, 7) is 1.85. The van der Waals surface area contributed by atoms with Gasteiger partial charge in [0.2, 0.25) is 5.91 Å². The molecular formula is C8H15NO4. The number of nitrogens with one attached hydrogen (secondary N) is 1. The Morgan fingerprint density at radius 1 is 1.31 bits per heavy atom. The molecule has 13 heavy (non-hydrogen) atoms. The minimum Gasteiger partial charge on any atom is -0.395 e. The first-order valence-electron chi connectivity index (χ1n) is 3.82. The predicted molar refractivity (Wildman–Crippen MR) is 46.9 cm³/mol. The Balaban J connectivity index is 4.73. The zero-order valence-corrected chi connectivity index (χ0v) is 7.58. The highest BCUT2D eigenvalue weighted by atomic mass is 16.3. The predicted octanol–water partition coefficient (Wildman–Crippen LogP) is -1.75. The average molecular weight is 189 g/mol. The highest BCUT2D eigenvalue weighted by Crippen LogP contribution is 2.24. The van der Waals surface area contributed by atoms with E-state index in [0.717, 1.165) is 0 Å². The van der Waals surface area contributed by atoms with Gasteiger partial charge in [0.05, 0.1) is 25.2 Å². The summed E-state index contributed by atoms with van der Waals surface area (Å²) in [7, 11) is 1.41. The number of aliphatic hydroxyl groups excluding tert-OH is 3. The van der Waals surface area contributed by atoms with Gasteiger partial charge in [-0.2, -0.15) is 0 Å². The van der Waals surface area contributed by atoms with Crippen molar-refractivity contribution in [3.63, 3.8) is 0 Å². The summed E-state index contributed by atoms with van der Waals surface area (Å²) < 4.78 is 0. The van der Waals surface area contributed by atoms with E-state index in [-0.39, 0.29) is 5.57 Å². The average Bonchev–Trinajstić information content (AvgIpc) is 2.20. The van der Waals surface area contributed by atoms with E-state index in [0.29, 0.717) is 0 Å². The van der Waals surface area contributed by atoms with E-state index >= 15 is 0 Å². The Bertz CT molecular complexity index is 190. The molecule has 0 aliphatic carbocycles. The lowest BCUT2D eigenvalue weighted by Crippen LogP contribution is -2.41. The van der Waals surface area contributed by atoms with Crippen molar-refractivity contribution < 1.29 is 20.1 Å². The fourth-order valence-corrected chi connectivity index (χ4v) is 0.828. The number of carbonyl (C=O) groups excluding carboxylic acids is 1. The van der Waals surface area contributed by atoms with Gasteiger partial charge in [-0.3, -0.25) is 4.79 Å². The Hall–Kier alpha value is -0.910. The summed E-state index contributed by atoms with van der Waals surface area (Å²) in [5.41, 5.74) is -1.36. The molecule has 0 aromatic rings. The molecule has 0 aliphatic heterocycles. The smallest absolute Gasteiger partial charge is 0.247 e. The number of amides is 1. The van der Waals surface area contributed by atoms with Crippen molar-refractivity contribution in [2.24, 2.45) is 5.41 Å². The zero-order chi connectivity index (χ0) is 10.5. The third-order valence-corrected chi connectivity index (χ3v) is 2.05. The van der Waals surface area contributed by atoms with Crippen LogP contribution in [-0.4, -0.2) is 48.1 Å². The quantitative estimate of drug-likeness (QED) is 0.386. The fourth-order valence-electron chi connectivity index (χ4n) is 0.828. The van der Waals surface area contributed by atoms with Crippen LogP contribution in [0.25, 0.3) is 0 Å². The molecule has 0 atom stereocenters. The van der Waals surface area contributed by atoms with Crippen LogP contribution in [0, 0.1) is 5.41 Å². The molecule has 1 amide bonds. The lowest BCUT2D eigenvalue weighted by Gasteiger charge is -2.28. The van der Waals surface area contributed by atoms with Crippen molar-refractivity contribution in [3.8, 4) is 0 Å². The molecule has 0 saturated carbocycles. The minimum atomic E-state index is -1.33. The van der Waals surface area contributed by atoms with E-state index in [9.17, 15) is 4.79 Å². The highest BCUT2D eigenvalue weighted by molar-refractivity contribution is 5.94. The molecule has 0 radical (unpaired) electrons. The summed E-state index contributed by atoms with van der Waals surface area (Å²) >= 11 is 0. The molecule has 0 aromatic carbocycles. The molecule has 0 aliphatic rings. The van der Waals surface area contributed by atoms with E-state index in [1.165, 1.54) is 7.05 Å². The first-order chi connectivity index (χ1) is 6.07. The Morgan fingerprint density at radius 3 is 1.92 bits per heavy atom. The number of carbonyl (C=O) groups is 1. The van der Waals surface area contributed by atoms with Crippen molar-refractivity contribution in [1.29, 1.82) is 0 Å². The molecule has 4 N–H and O–H groups in total. The first-order valence-corrected chi connectivity index (χ1v) is 3.82. The summed E-state index contributed by atoms with van der Waals surface area (Å²) in [6.07, 6.45) is 0. The maximum Gasteiger partial charge on any atom is 0.247 e. The molecule has 0 fully saturated rings. The third kappa shape index (κ3) is 2.27. The second-order valence-corrected chi connectivity index (χ2v) is 2.81. The second-order valence-electron chi connectivity index (χ2n) is 2.81. The maximum absolute atomic E-state index is 11.1. The number of aliphatic hydroxyl groups is 3. The summed E-state index contributed by atoms with van der Waals surface area (Å²) in [6, 6.07) is 0. The normalized spacial score (nSPS) is 11.1. The number of hydrogen-bond acceptors (Lipinski definition) is 4. The van der Waals surface area contributed by atoms with Gasteiger partial charge >= 0.3 is 0 Å². The minimum absolute atomic E-state index is 0.0255. The topological polar surface area (TPSA) is 89.8 Å². The van der Waals surface area contributed by atoms with E-state index < -0.39 is 31.1 Å². The van der Waals surface area contributed by atoms with Crippen molar-refractivity contribution in [2.75, 3.05) is 26.9 Å². The van der Waals surface area contributed by atoms with Crippen LogP contribution in [-0.2, 0) is 4.79 Å². The van der Waals surface area contributed by atoms with Gasteiger partial charge in [-0.15, -0.1) is 0 Å². The standard InChI is InChI=1S/C8H15NO4/c1-6(7(13)9-2)8(3-10,4-11)5-12/h10-12H,1,3-5H2,2H3,(H,9,13). The maximum atomic E-state index is 11.1. The van der Waals surface area contributed by atoms with Crippen LogP contribution < -0.4 is 5.32 Å². The molecule has 0 aromatic heterocycles. The van der Waals surface area contributed by atoms with Crippen LogP contribution in [0.3, 0.4) is 0 Å². The largest absolute Gasteiger partial charge is 0.395 e. The molecule has 0 bridgehead atoms. The Labute approximate surface area is 76.7 Å². The molecule has 0 rings (SSSR count). The van der Waals surface area contributed by atoms with Gasteiger partial charge in [-0.05, 0) is 0 Å². The SMILES string of the molecule is C=C(C(=O)NC)C(CO)(CO)CO. The van der Waals surface area contributed by atoms with Crippen LogP contribution in [0.1, 0.15) is 0 Å². The van der Waals surface area contributed by atoms with Crippen molar-refractivity contribution in [2.45, 2.75) is 0 Å². The third-order valence-electron chi connectivity index (χ3n) is 2.05. The van der Waals surface area contributed by atoms with Gasteiger partial charge in [0.25, 0.3) is 0 Å². The zero-order valence-electron chi connectivity index (χ0n) is 7.58. The summed E-state index contributed by atoms with van der Waals surface area (Å²) in [4.78, 5) is 11.1.